The first kappa shape index (κ1) is 16.0. The Morgan fingerprint density at radius 1 is 1.24 bits per heavy atom. The zero-order valence-electron chi connectivity index (χ0n) is 13.0. The first-order valence-electron chi connectivity index (χ1n) is 7.71. The molecular formula is C15H26N4O2. The van der Waals surface area contributed by atoms with Crippen molar-refractivity contribution in [2.75, 3.05) is 30.9 Å². The lowest BCUT2D eigenvalue weighted by atomic mass is 9.82. The van der Waals surface area contributed by atoms with Gasteiger partial charge in [0.2, 0.25) is 0 Å². The molecule has 1 aromatic heterocycles. The van der Waals surface area contributed by atoms with Crippen molar-refractivity contribution in [3.8, 4) is 0 Å². The van der Waals surface area contributed by atoms with Gasteiger partial charge in [-0.05, 0) is 19.8 Å². The summed E-state index contributed by atoms with van der Waals surface area (Å²) in [5, 5.41) is 16.5. The summed E-state index contributed by atoms with van der Waals surface area (Å²) in [7, 11) is 1.63. The van der Waals surface area contributed by atoms with Crippen molar-refractivity contribution in [1.29, 1.82) is 0 Å². The quantitative estimate of drug-likeness (QED) is 0.715. The zero-order chi connectivity index (χ0) is 15.1. The van der Waals surface area contributed by atoms with Crippen LogP contribution >= 0.6 is 0 Å². The van der Waals surface area contributed by atoms with E-state index in [0.29, 0.717) is 12.4 Å². The number of ether oxygens (including phenoxy) is 1. The number of aromatic nitrogens is 2. The molecule has 0 bridgehead atoms. The van der Waals surface area contributed by atoms with E-state index in [1.165, 1.54) is 6.42 Å². The fourth-order valence-corrected chi connectivity index (χ4v) is 2.85. The molecule has 0 unspecified atom stereocenters. The minimum Gasteiger partial charge on any atom is -0.394 e. The number of hydrogen-bond donors (Lipinski definition) is 3. The summed E-state index contributed by atoms with van der Waals surface area (Å²) in [5.74, 6) is 2.18. The summed E-state index contributed by atoms with van der Waals surface area (Å²) in [6.45, 7) is 3.34. The van der Waals surface area contributed by atoms with Crippen LogP contribution in [0.15, 0.2) is 6.07 Å². The predicted octanol–water partition coefficient (Wildman–Crippen LogP) is 2.16. The SMILES string of the molecule is CCNc1cc(NC2(CO)CCCCC2)nc(COC)n1. The Bertz CT molecular complexity index is 423. The number of hydrogen-bond acceptors (Lipinski definition) is 6. The molecule has 1 fully saturated rings. The molecule has 1 aromatic rings. The summed E-state index contributed by atoms with van der Waals surface area (Å²) in [6.07, 6.45) is 5.48. The lowest BCUT2D eigenvalue weighted by molar-refractivity contribution is 0.171. The van der Waals surface area contributed by atoms with E-state index in [1.807, 2.05) is 13.0 Å². The Labute approximate surface area is 126 Å². The first-order chi connectivity index (χ1) is 10.2. The Hall–Kier alpha value is -1.40. The molecule has 1 aliphatic rings. The van der Waals surface area contributed by atoms with Gasteiger partial charge in [-0.25, -0.2) is 9.97 Å². The number of anilines is 2. The van der Waals surface area contributed by atoms with Crippen molar-refractivity contribution in [3.63, 3.8) is 0 Å². The smallest absolute Gasteiger partial charge is 0.158 e. The Morgan fingerprint density at radius 3 is 2.57 bits per heavy atom. The fourth-order valence-electron chi connectivity index (χ4n) is 2.85. The van der Waals surface area contributed by atoms with Gasteiger partial charge in [0.05, 0.1) is 12.1 Å². The number of aliphatic hydroxyl groups excluding tert-OH is 1. The van der Waals surface area contributed by atoms with E-state index in [9.17, 15) is 5.11 Å². The molecule has 118 valence electrons. The van der Waals surface area contributed by atoms with Crippen molar-refractivity contribution in [2.45, 2.75) is 51.2 Å². The number of methoxy groups -OCH3 is 1. The zero-order valence-corrected chi connectivity index (χ0v) is 13.0. The van der Waals surface area contributed by atoms with Gasteiger partial charge in [-0.15, -0.1) is 0 Å². The second kappa shape index (κ2) is 7.56. The van der Waals surface area contributed by atoms with Crippen molar-refractivity contribution in [3.05, 3.63) is 11.9 Å². The third kappa shape index (κ3) is 4.28. The van der Waals surface area contributed by atoms with E-state index in [1.54, 1.807) is 7.11 Å². The summed E-state index contributed by atoms with van der Waals surface area (Å²) >= 11 is 0. The van der Waals surface area contributed by atoms with Crippen LogP contribution in [-0.4, -0.2) is 40.9 Å². The van der Waals surface area contributed by atoms with Gasteiger partial charge >= 0.3 is 0 Å². The maximum atomic E-state index is 9.80. The molecule has 0 atom stereocenters. The number of nitrogens with one attached hydrogen (secondary N) is 2. The Balaban J connectivity index is 2.20. The minimum atomic E-state index is -0.250. The van der Waals surface area contributed by atoms with Crippen molar-refractivity contribution in [2.24, 2.45) is 0 Å². The monoisotopic (exact) mass is 294 g/mol. The molecule has 2 rings (SSSR count). The molecule has 0 amide bonds. The van der Waals surface area contributed by atoms with Crippen LogP contribution < -0.4 is 10.6 Å². The predicted molar refractivity (Wildman–Crippen MR) is 83.4 cm³/mol. The van der Waals surface area contributed by atoms with Gasteiger partial charge in [-0.3, -0.25) is 0 Å². The van der Waals surface area contributed by atoms with Gasteiger partial charge in [-0.1, -0.05) is 19.3 Å². The van der Waals surface area contributed by atoms with Gasteiger partial charge < -0.3 is 20.5 Å². The van der Waals surface area contributed by atoms with E-state index in [4.69, 9.17) is 4.74 Å². The van der Waals surface area contributed by atoms with E-state index in [2.05, 4.69) is 20.6 Å². The van der Waals surface area contributed by atoms with Crippen LogP contribution in [0.2, 0.25) is 0 Å². The maximum absolute atomic E-state index is 9.80. The molecule has 6 heteroatoms. The largest absolute Gasteiger partial charge is 0.394 e. The second-order valence-corrected chi connectivity index (χ2v) is 5.64. The van der Waals surface area contributed by atoms with Crippen LogP contribution in [0, 0.1) is 0 Å². The molecule has 0 spiro atoms. The lowest BCUT2D eigenvalue weighted by Gasteiger charge is -2.37. The van der Waals surface area contributed by atoms with E-state index < -0.39 is 0 Å². The fraction of sp³-hybridized carbons (Fsp3) is 0.733. The van der Waals surface area contributed by atoms with Crippen LogP contribution in [0.4, 0.5) is 11.6 Å². The average molecular weight is 294 g/mol. The standard InChI is InChI=1S/C15H26N4O2/c1-3-16-12-9-13(18-14(17-12)10-21-2)19-15(11-20)7-5-4-6-8-15/h9,20H,3-8,10-11H2,1-2H3,(H2,16,17,18,19). The van der Waals surface area contributed by atoms with Gasteiger partial charge in [0, 0.05) is 19.7 Å². The number of rotatable bonds is 7. The Morgan fingerprint density at radius 2 is 1.95 bits per heavy atom. The summed E-state index contributed by atoms with van der Waals surface area (Å²) in [6, 6.07) is 1.90. The molecular weight excluding hydrogens is 268 g/mol. The van der Waals surface area contributed by atoms with Crippen molar-refractivity contribution < 1.29 is 9.84 Å². The Kier molecular flexibility index (Phi) is 5.76. The maximum Gasteiger partial charge on any atom is 0.158 e. The molecule has 1 heterocycles. The molecule has 1 saturated carbocycles. The van der Waals surface area contributed by atoms with Crippen LogP contribution in [-0.2, 0) is 11.3 Å². The van der Waals surface area contributed by atoms with Crippen LogP contribution in [0.5, 0.6) is 0 Å². The van der Waals surface area contributed by atoms with Gasteiger partial charge in [0.1, 0.15) is 18.2 Å². The lowest BCUT2D eigenvalue weighted by Crippen LogP contribution is -2.44. The highest BCUT2D eigenvalue weighted by molar-refractivity contribution is 5.49. The number of nitrogens with zero attached hydrogens (tertiary/aromatic N) is 2. The van der Waals surface area contributed by atoms with Crippen molar-refractivity contribution in [1.82, 2.24) is 9.97 Å². The molecule has 3 N–H and O–H groups in total. The topological polar surface area (TPSA) is 79.3 Å². The normalized spacial score (nSPS) is 17.5. The summed E-state index contributed by atoms with van der Waals surface area (Å²) < 4.78 is 5.13. The molecule has 0 aliphatic heterocycles. The highest BCUT2D eigenvalue weighted by atomic mass is 16.5. The van der Waals surface area contributed by atoms with Crippen LogP contribution in [0.1, 0.15) is 44.9 Å². The van der Waals surface area contributed by atoms with Crippen LogP contribution in [0.25, 0.3) is 0 Å². The molecule has 0 radical (unpaired) electrons. The molecule has 0 aromatic carbocycles. The van der Waals surface area contributed by atoms with Gasteiger partial charge in [0.25, 0.3) is 0 Å². The highest BCUT2D eigenvalue weighted by Gasteiger charge is 2.31. The average Bonchev–Trinajstić information content (AvgIpc) is 2.48. The van der Waals surface area contributed by atoms with E-state index in [-0.39, 0.29) is 12.1 Å². The third-order valence-corrected chi connectivity index (χ3v) is 3.91. The van der Waals surface area contributed by atoms with Gasteiger partial charge in [0.15, 0.2) is 5.82 Å². The first-order valence-corrected chi connectivity index (χ1v) is 7.71. The van der Waals surface area contributed by atoms with E-state index >= 15 is 0 Å². The third-order valence-electron chi connectivity index (χ3n) is 3.91. The summed E-state index contributed by atoms with van der Waals surface area (Å²) in [4.78, 5) is 8.90. The molecule has 0 saturated heterocycles. The van der Waals surface area contributed by atoms with Gasteiger partial charge in [-0.2, -0.15) is 0 Å². The van der Waals surface area contributed by atoms with Crippen molar-refractivity contribution >= 4 is 11.6 Å². The second-order valence-electron chi connectivity index (χ2n) is 5.64. The minimum absolute atomic E-state index is 0.132. The summed E-state index contributed by atoms with van der Waals surface area (Å²) in [5.41, 5.74) is -0.250. The molecule has 21 heavy (non-hydrogen) atoms. The molecule has 1 aliphatic carbocycles. The highest BCUT2D eigenvalue weighted by Crippen LogP contribution is 2.31. The molecule has 6 nitrogen and oxygen atoms in total. The number of aliphatic hydroxyl groups is 1. The van der Waals surface area contributed by atoms with Crippen LogP contribution in [0.3, 0.4) is 0 Å². The van der Waals surface area contributed by atoms with E-state index in [0.717, 1.165) is 43.9 Å².